The van der Waals surface area contributed by atoms with Crippen molar-refractivity contribution in [1.82, 2.24) is 34.3 Å². The Labute approximate surface area is 174 Å². The molecule has 10 heteroatoms. The second-order valence-corrected chi connectivity index (χ2v) is 7.04. The van der Waals surface area contributed by atoms with Gasteiger partial charge in [-0.25, -0.2) is 28.8 Å². The summed E-state index contributed by atoms with van der Waals surface area (Å²) in [6.07, 6.45) is 1.64. The second-order valence-electron chi connectivity index (χ2n) is 6.68. The van der Waals surface area contributed by atoms with Gasteiger partial charge in [-0.3, -0.25) is 9.55 Å². The van der Waals surface area contributed by atoms with E-state index in [1.807, 2.05) is 13.0 Å². The van der Waals surface area contributed by atoms with Gasteiger partial charge in [0.2, 0.25) is 0 Å². The third-order valence-corrected chi connectivity index (χ3v) is 5.16. The number of rotatable bonds is 4. The standard InChI is InChI=1S/C20H15ClFN7O/c1-2-28-15-16(21)24-17(25-18(15)26-20(28)30)14-12-7-5-9-23-19(12)29(27-14)10-11-6-3-4-8-13(11)22/h3-9H,2,10H2,1H3,(H,24,25,26,30). The summed E-state index contributed by atoms with van der Waals surface area (Å²) in [6.45, 7) is 2.47. The molecule has 1 N–H and O–H groups in total. The topological polar surface area (TPSA) is 94.3 Å². The molecule has 0 saturated carbocycles. The monoisotopic (exact) mass is 423 g/mol. The van der Waals surface area contributed by atoms with E-state index in [0.29, 0.717) is 40.0 Å². The average Bonchev–Trinajstić information content (AvgIpc) is 3.27. The van der Waals surface area contributed by atoms with Gasteiger partial charge in [-0.05, 0) is 25.1 Å². The Morgan fingerprint density at radius 3 is 2.80 bits per heavy atom. The zero-order valence-corrected chi connectivity index (χ0v) is 16.6. The summed E-state index contributed by atoms with van der Waals surface area (Å²) in [6, 6.07) is 10.1. The summed E-state index contributed by atoms with van der Waals surface area (Å²) in [4.78, 5) is 28.1. The van der Waals surface area contributed by atoms with Crippen LogP contribution >= 0.6 is 11.6 Å². The first-order chi connectivity index (χ1) is 14.6. The maximum atomic E-state index is 14.2. The predicted molar refractivity (Wildman–Crippen MR) is 111 cm³/mol. The third-order valence-electron chi connectivity index (χ3n) is 4.89. The van der Waals surface area contributed by atoms with Crippen LogP contribution in [0.4, 0.5) is 4.39 Å². The summed E-state index contributed by atoms with van der Waals surface area (Å²) in [5.74, 6) is -0.0693. The van der Waals surface area contributed by atoms with E-state index < -0.39 is 0 Å². The Morgan fingerprint density at radius 2 is 2.00 bits per heavy atom. The van der Waals surface area contributed by atoms with Crippen molar-refractivity contribution in [2.45, 2.75) is 20.0 Å². The molecule has 30 heavy (non-hydrogen) atoms. The highest BCUT2D eigenvalue weighted by molar-refractivity contribution is 6.33. The molecule has 150 valence electrons. The van der Waals surface area contributed by atoms with Crippen LogP contribution in [-0.2, 0) is 13.1 Å². The number of pyridine rings is 1. The number of nitrogens with one attached hydrogen (secondary N) is 1. The molecule has 0 aliphatic rings. The van der Waals surface area contributed by atoms with Crippen molar-refractivity contribution in [3.63, 3.8) is 0 Å². The van der Waals surface area contributed by atoms with Gasteiger partial charge in [0.1, 0.15) is 17.0 Å². The number of imidazole rings is 1. The first-order valence-electron chi connectivity index (χ1n) is 9.28. The molecule has 0 bridgehead atoms. The number of halogens is 2. The molecule has 5 aromatic rings. The van der Waals surface area contributed by atoms with Gasteiger partial charge in [0.05, 0.1) is 11.9 Å². The highest BCUT2D eigenvalue weighted by atomic mass is 35.5. The lowest BCUT2D eigenvalue weighted by Gasteiger charge is -2.04. The summed E-state index contributed by atoms with van der Waals surface area (Å²) >= 11 is 6.39. The number of aromatic amines is 1. The number of benzene rings is 1. The van der Waals surface area contributed by atoms with Crippen molar-refractivity contribution < 1.29 is 4.39 Å². The lowest BCUT2D eigenvalue weighted by molar-refractivity contribution is 0.589. The maximum absolute atomic E-state index is 14.2. The van der Waals surface area contributed by atoms with Gasteiger partial charge >= 0.3 is 5.69 Å². The lowest BCUT2D eigenvalue weighted by atomic mass is 10.2. The Kier molecular flexibility index (Phi) is 4.32. The molecule has 0 aliphatic carbocycles. The lowest BCUT2D eigenvalue weighted by Crippen LogP contribution is -2.15. The number of hydrogen-bond donors (Lipinski definition) is 1. The molecule has 1 aromatic carbocycles. The molecule has 0 fully saturated rings. The molecule has 0 unspecified atom stereocenters. The van der Waals surface area contributed by atoms with E-state index in [4.69, 9.17) is 11.6 Å². The highest BCUT2D eigenvalue weighted by Gasteiger charge is 2.20. The van der Waals surface area contributed by atoms with Crippen LogP contribution in [-0.4, -0.2) is 34.3 Å². The highest BCUT2D eigenvalue weighted by Crippen LogP contribution is 2.28. The van der Waals surface area contributed by atoms with Crippen LogP contribution in [0.5, 0.6) is 0 Å². The van der Waals surface area contributed by atoms with Gasteiger partial charge in [0, 0.05) is 18.3 Å². The third kappa shape index (κ3) is 2.86. The minimum absolute atomic E-state index is 0.149. The predicted octanol–water partition coefficient (Wildman–Crippen LogP) is 3.39. The quantitative estimate of drug-likeness (QED) is 0.447. The first-order valence-corrected chi connectivity index (χ1v) is 9.66. The Bertz CT molecular complexity index is 1470. The van der Waals surface area contributed by atoms with Crippen molar-refractivity contribution >= 4 is 33.8 Å². The summed E-state index contributed by atoms with van der Waals surface area (Å²) in [5, 5.41) is 5.44. The molecule has 0 aliphatic heterocycles. The van der Waals surface area contributed by atoms with E-state index in [1.54, 1.807) is 35.1 Å². The molecular formula is C20H15ClFN7O. The molecule has 4 aromatic heterocycles. The largest absolute Gasteiger partial charge is 0.327 e. The SMILES string of the molecule is CCn1c(=O)[nH]c2nc(-c3nn(Cc4ccccc4F)c4ncccc34)nc(Cl)c21. The number of fused-ring (bicyclic) bond motifs is 2. The second kappa shape index (κ2) is 7.03. The van der Waals surface area contributed by atoms with Crippen LogP contribution in [0.1, 0.15) is 12.5 Å². The van der Waals surface area contributed by atoms with Crippen LogP contribution in [0, 0.1) is 5.82 Å². The normalized spacial score (nSPS) is 11.6. The Hall–Kier alpha value is -3.59. The number of hydrogen-bond acceptors (Lipinski definition) is 5. The van der Waals surface area contributed by atoms with Crippen LogP contribution in [0.2, 0.25) is 5.15 Å². The van der Waals surface area contributed by atoms with Crippen LogP contribution in [0.3, 0.4) is 0 Å². The zero-order chi connectivity index (χ0) is 20.8. The minimum atomic E-state index is -0.321. The first kappa shape index (κ1) is 18.4. The van der Waals surface area contributed by atoms with E-state index in [1.165, 1.54) is 10.6 Å². The van der Waals surface area contributed by atoms with Crippen molar-refractivity contribution in [3.8, 4) is 11.5 Å². The molecule has 0 spiro atoms. The Balaban J connectivity index is 1.70. The molecule has 4 heterocycles. The molecule has 0 radical (unpaired) electrons. The minimum Gasteiger partial charge on any atom is -0.290 e. The summed E-state index contributed by atoms with van der Waals surface area (Å²) in [7, 11) is 0. The molecule has 8 nitrogen and oxygen atoms in total. The van der Waals surface area contributed by atoms with E-state index in [2.05, 4.69) is 25.0 Å². The van der Waals surface area contributed by atoms with Gasteiger partial charge in [-0.2, -0.15) is 5.10 Å². The number of H-pyrrole nitrogens is 1. The maximum Gasteiger partial charge on any atom is 0.327 e. The van der Waals surface area contributed by atoms with E-state index in [9.17, 15) is 9.18 Å². The smallest absolute Gasteiger partial charge is 0.290 e. The zero-order valence-electron chi connectivity index (χ0n) is 15.8. The fourth-order valence-electron chi connectivity index (χ4n) is 3.50. The van der Waals surface area contributed by atoms with Crippen LogP contribution in [0.15, 0.2) is 47.4 Å². The van der Waals surface area contributed by atoms with Crippen LogP contribution < -0.4 is 5.69 Å². The van der Waals surface area contributed by atoms with E-state index >= 15 is 0 Å². The van der Waals surface area contributed by atoms with Crippen molar-refractivity contribution in [2.75, 3.05) is 0 Å². The molecular weight excluding hydrogens is 409 g/mol. The molecule has 0 saturated heterocycles. The molecule has 0 amide bonds. The number of aromatic nitrogens is 7. The van der Waals surface area contributed by atoms with Crippen LogP contribution in [0.25, 0.3) is 33.7 Å². The van der Waals surface area contributed by atoms with Gasteiger partial charge in [-0.15, -0.1) is 0 Å². The van der Waals surface area contributed by atoms with Gasteiger partial charge in [0.15, 0.2) is 22.3 Å². The summed E-state index contributed by atoms with van der Waals surface area (Å²) < 4.78 is 17.2. The van der Waals surface area contributed by atoms with Crippen molar-refractivity contribution in [1.29, 1.82) is 0 Å². The van der Waals surface area contributed by atoms with E-state index in [0.717, 1.165) is 0 Å². The fraction of sp³-hybridized carbons (Fsp3) is 0.150. The van der Waals surface area contributed by atoms with Crippen molar-refractivity contribution in [2.24, 2.45) is 0 Å². The fourth-order valence-corrected chi connectivity index (χ4v) is 3.78. The van der Waals surface area contributed by atoms with Gasteiger partial charge in [0.25, 0.3) is 0 Å². The van der Waals surface area contributed by atoms with E-state index in [-0.39, 0.29) is 29.0 Å². The average molecular weight is 424 g/mol. The number of aryl methyl sites for hydroxylation is 1. The number of nitrogens with zero attached hydrogens (tertiary/aromatic N) is 6. The summed E-state index contributed by atoms with van der Waals surface area (Å²) in [5.41, 5.74) is 1.97. The molecule has 0 atom stereocenters. The van der Waals surface area contributed by atoms with Gasteiger partial charge < -0.3 is 0 Å². The van der Waals surface area contributed by atoms with Gasteiger partial charge in [-0.1, -0.05) is 29.8 Å². The van der Waals surface area contributed by atoms with Crippen molar-refractivity contribution in [3.05, 3.63) is 69.6 Å². The Morgan fingerprint density at radius 1 is 1.17 bits per heavy atom. The molecule has 5 rings (SSSR count).